The van der Waals surface area contributed by atoms with Gasteiger partial charge in [0, 0.05) is 41.7 Å². The van der Waals surface area contributed by atoms with Gasteiger partial charge in [-0.05, 0) is 72.2 Å². The Morgan fingerprint density at radius 1 is 1.08 bits per heavy atom. The van der Waals surface area contributed by atoms with E-state index >= 15 is 0 Å². The number of rotatable bonds is 9. The molecule has 0 spiro atoms. The molecule has 9 nitrogen and oxygen atoms in total. The van der Waals surface area contributed by atoms with Gasteiger partial charge in [0.1, 0.15) is 5.75 Å². The summed E-state index contributed by atoms with van der Waals surface area (Å²) in [7, 11) is -2.27. The van der Waals surface area contributed by atoms with Crippen LogP contribution in [0.4, 0.5) is 5.69 Å². The number of nitrogens with two attached hydrogens (primary N) is 2. The number of carbonyl (C=O) groups is 1. The number of amides is 1. The monoisotopic (exact) mass is 567 g/mol. The second-order valence-corrected chi connectivity index (χ2v) is 11.3. The predicted molar refractivity (Wildman–Crippen MR) is 154 cm³/mol. The van der Waals surface area contributed by atoms with Gasteiger partial charge in [-0.1, -0.05) is 35.9 Å². The fourth-order valence-corrected chi connectivity index (χ4v) is 5.85. The standard InChI is InChI=1S/C28H30ClN5O4S/c1-38-26-12-4-21(5-13-26)18-34(39(36,37)17-15-20-2-8-23(29)9-3-20)25-14-16-33(19-25)27(35)22-6-10-24(11-7-22)32-28(30)31/h2-13,15,17,25H,14,16,18-19H2,1H3,(H4,30,31,32)/b17-15+. The summed E-state index contributed by atoms with van der Waals surface area (Å²) in [5, 5.41) is 1.77. The normalized spacial score (nSPS) is 15.6. The summed E-state index contributed by atoms with van der Waals surface area (Å²) >= 11 is 5.95. The molecule has 0 radical (unpaired) electrons. The molecule has 1 heterocycles. The highest BCUT2D eigenvalue weighted by Gasteiger charge is 2.36. The summed E-state index contributed by atoms with van der Waals surface area (Å²) in [5.41, 5.74) is 13.3. The van der Waals surface area contributed by atoms with Gasteiger partial charge in [-0.25, -0.2) is 13.4 Å². The first-order valence-corrected chi connectivity index (χ1v) is 14.1. The van der Waals surface area contributed by atoms with Crippen molar-refractivity contribution in [1.82, 2.24) is 9.21 Å². The quantitative estimate of drug-likeness (QED) is 0.297. The van der Waals surface area contributed by atoms with Crippen LogP contribution in [0.25, 0.3) is 6.08 Å². The summed E-state index contributed by atoms with van der Waals surface area (Å²) in [6, 6.07) is 20.4. The van der Waals surface area contributed by atoms with Crippen LogP contribution in [-0.2, 0) is 16.6 Å². The van der Waals surface area contributed by atoms with Gasteiger partial charge in [-0.2, -0.15) is 4.31 Å². The number of methoxy groups -OCH3 is 1. The van der Waals surface area contributed by atoms with Crippen LogP contribution in [0.2, 0.25) is 5.02 Å². The van der Waals surface area contributed by atoms with Crippen LogP contribution in [0, 0.1) is 0 Å². The SMILES string of the molecule is COc1ccc(CN(C2CCN(C(=O)c3ccc(N=C(N)N)cc3)C2)S(=O)(=O)/C=C/c2ccc(Cl)cc2)cc1. The minimum Gasteiger partial charge on any atom is -0.497 e. The third kappa shape index (κ3) is 7.38. The highest BCUT2D eigenvalue weighted by molar-refractivity contribution is 7.92. The van der Waals surface area contributed by atoms with E-state index in [4.69, 9.17) is 27.8 Å². The highest BCUT2D eigenvalue weighted by Crippen LogP contribution is 2.26. The fraction of sp³-hybridized carbons (Fsp3) is 0.214. The Bertz CT molecular complexity index is 1450. The molecule has 1 aliphatic rings. The minimum atomic E-state index is -3.85. The Kier molecular flexibility index (Phi) is 8.90. The molecule has 0 bridgehead atoms. The Hall–Kier alpha value is -3.86. The molecule has 3 aromatic carbocycles. The lowest BCUT2D eigenvalue weighted by Gasteiger charge is -2.27. The van der Waals surface area contributed by atoms with E-state index in [0.717, 1.165) is 5.56 Å². The van der Waals surface area contributed by atoms with Crippen LogP contribution >= 0.6 is 11.6 Å². The van der Waals surface area contributed by atoms with Gasteiger partial charge >= 0.3 is 0 Å². The van der Waals surface area contributed by atoms with E-state index in [-0.39, 0.29) is 25.0 Å². The Morgan fingerprint density at radius 2 is 1.74 bits per heavy atom. The number of aliphatic imine (C=N–C) groups is 1. The van der Waals surface area contributed by atoms with Gasteiger partial charge in [0.15, 0.2) is 5.96 Å². The molecule has 204 valence electrons. The van der Waals surface area contributed by atoms with Crippen LogP contribution in [-0.4, -0.2) is 55.7 Å². The van der Waals surface area contributed by atoms with E-state index < -0.39 is 16.1 Å². The van der Waals surface area contributed by atoms with Gasteiger partial charge in [-0.3, -0.25) is 4.79 Å². The zero-order valence-corrected chi connectivity index (χ0v) is 23.0. The lowest BCUT2D eigenvalue weighted by molar-refractivity contribution is 0.0784. The zero-order chi connectivity index (χ0) is 28.0. The molecule has 1 amide bonds. The molecule has 11 heteroatoms. The topological polar surface area (TPSA) is 131 Å². The van der Waals surface area contributed by atoms with E-state index in [2.05, 4.69) is 4.99 Å². The summed E-state index contributed by atoms with van der Waals surface area (Å²) in [6.07, 6.45) is 2.05. The highest BCUT2D eigenvalue weighted by atomic mass is 35.5. The van der Waals surface area contributed by atoms with E-state index in [0.29, 0.717) is 40.6 Å². The van der Waals surface area contributed by atoms with Crippen molar-refractivity contribution in [3.63, 3.8) is 0 Å². The minimum absolute atomic E-state index is 0.0697. The van der Waals surface area contributed by atoms with Crippen molar-refractivity contribution in [3.8, 4) is 5.75 Å². The first kappa shape index (κ1) is 28.2. The van der Waals surface area contributed by atoms with Crippen molar-refractivity contribution in [1.29, 1.82) is 0 Å². The van der Waals surface area contributed by atoms with E-state index in [9.17, 15) is 13.2 Å². The predicted octanol–water partition coefficient (Wildman–Crippen LogP) is 3.97. The molecule has 3 aromatic rings. The number of hydrogen-bond acceptors (Lipinski definition) is 5. The Balaban J connectivity index is 1.55. The summed E-state index contributed by atoms with van der Waals surface area (Å²) in [4.78, 5) is 18.8. The van der Waals surface area contributed by atoms with Crippen LogP contribution in [0.15, 0.2) is 83.2 Å². The second-order valence-electron chi connectivity index (χ2n) is 9.07. The Labute approximate surface area is 233 Å². The van der Waals surface area contributed by atoms with E-state index in [1.165, 1.54) is 9.71 Å². The van der Waals surface area contributed by atoms with Crippen molar-refractivity contribution < 1.29 is 17.9 Å². The number of hydrogen-bond donors (Lipinski definition) is 2. The lowest BCUT2D eigenvalue weighted by atomic mass is 10.2. The van der Waals surface area contributed by atoms with E-state index in [1.54, 1.807) is 78.7 Å². The molecule has 4 N–H and O–H groups in total. The molecular formula is C28H30ClN5O4S. The third-order valence-corrected chi connectivity index (χ3v) is 8.17. The van der Waals surface area contributed by atoms with Crippen molar-refractivity contribution in [2.75, 3.05) is 20.2 Å². The second kappa shape index (κ2) is 12.3. The molecule has 0 aliphatic carbocycles. The molecule has 1 saturated heterocycles. The number of likely N-dealkylation sites (tertiary alicyclic amines) is 1. The van der Waals surface area contributed by atoms with Gasteiger partial charge in [-0.15, -0.1) is 0 Å². The maximum Gasteiger partial charge on any atom is 0.253 e. The number of carbonyl (C=O) groups excluding carboxylic acids is 1. The number of nitrogens with zero attached hydrogens (tertiary/aromatic N) is 3. The zero-order valence-electron chi connectivity index (χ0n) is 21.4. The molecule has 39 heavy (non-hydrogen) atoms. The van der Waals surface area contributed by atoms with Crippen LogP contribution in [0.1, 0.15) is 27.9 Å². The van der Waals surface area contributed by atoms with Gasteiger partial charge in [0.05, 0.1) is 12.8 Å². The fourth-order valence-electron chi connectivity index (χ4n) is 4.33. The summed E-state index contributed by atoms with van der Waals surface area (Å²) < 4.78 is 33.9. The average molecular weight is 568 g/mol. The van der Waals surface area contributed by atoms with Gasteiger partial charge < -0.3 is 21.1 Å². The average Bonchev–Trinajstić information content (AvgIpc) is 3.41. The number of sulfonamides is 1. The van der Waals surface area contributed by atoms with Gasteiger partial charge in [0.2, 0.25) is 10.0 Å². The first-order valence-electron chi connectivity index (χ1n) is 12.2. The molecule has 0 saturated carbocycles. The Morgan fingerprint density at radius 3 is 2.36 bits per heavy atom. The van der Waals surface area contributed by atoms with Crippen LogP contribution < -0.4 is 16.2 Å². The number of halogens is 1. The van der Waals surface area contributed by atoms with Crippen LogP contribution in [0.5, 0.6) is 5.75 Å². The summed E-state index contributed by atoms with van der Waals surface area (Å²) in [6.45, 7) is 0.838. The maximum absolute atomic E-state index is 13.6. The molecule has 1 unspecified atom stereocenters. The van der Waals surface area contributed by atoms with Gasteiger partial charge in [0.25, 0.3) is 5.91 Å². The summed E-state index contributed by atoms with van der Waals surface area (Å²) in [5.74, 6) is 0.422. The van der Waals surface area contributed by atoms with Crippen molar-refractivity contribution in [2.45, 2.75) is 19.0 Å². The maximum atomic E-state index is 13.6. The largest absolute Gasteiger partial charge is 0.497 e. The molecule has 1 aliphatic heterocycles. The number of ether oxygens (including phenoxy) is 1. The van der Waals surface area contributed by atoms with Crippen LogP contribution in [0.3, 0.4) is 0 Å². The molecule has 0 aromatic heterocycles. The van der Waals surface area contributed by atoms with Crippen molar-refractivity contribution in [2.24, 2.45) is 16.5 Å². The number of benzene rings is 3. The molecule has 4 rings (SSSR count). The number of guanidine groups is 1. The van der Waals surface area contributed by atoms with E-state index in [1.807, 2.05) is 12.1 Å². The molecular weight excluding hydrogens is 538 g/mol. The molecule has 1 fully saturated rings. The third-order valence-electron chi connectivity index (χ3n) is 6.36. The van der Waals surface area contributed by atoms with Crippen molar-refractivity contribution >= 4 is 45.3 Å². The van der Waals surface area contributed by atoms with Crippen molar-refractivity contribution in [3.05, 3.63) is 99.9 Å². The molecule has 1 atom stereocenters. The lowest BCUT2D eigenvalue weighted by Crippen LogP contribution is -2.41. The first-order chi connectivity index (χ1) is 18.6. The smallest absolute Gasteiger partial charge is 0.253 e.